The molecule has 1 rings (SSSR count). The van der Waals surface area contributed by atoms with Crippen molar-refractivity contribution >= 4 is 0 Å². The Kier molecular flexibility index (Phi) is 10.1. The van der Waals surface area contributed by atoms with Crippen LogP contribution in [0.1, 0.15) is 90.4 Å². The van der Waals surface area contributed by atoms with E-state index in [0.717, 1.165) is 0 Å². The highest BCUT2D eigenvalue weighted by Gasteiger charge is 2.13. The molecule has 0 aromatic heterocycles. The fraction of sp³-hybridized carbons (Fsp3) is 0.882. The van der Waals surface area contributed by atoms with Gasteiger partial charge >= 0.3 is 0 Å². The molecule has 0 fully saturated rings. The van der Waals surface area contributed by atoms with Crippen LogP contribution in [0.4, 0.5) is 0 Å². The number of nitrogens with one attached hydrogen (secondary N) is 1. The third-order valence-electron chi connectivity index (χ3n) is 4.32. The Hall–Kier alpha value is -0.340. The number of hydrazine groups is 1. The van der Waals surface area contributed by atoms with Gasteiger partial charge in [0.05, 0.1) is 0 Å². The van der Waals surface area contributed by atoms with Gasteiger partial charge < -0.3 is 0 Å². The highest BCUT2D eigenvalue weighted by molar-refractivity contribution is 5.11. The zero-order valence-electron chi connectivity index (χ0n) is 12.9. The van der Waals surface area contributed by atoms with Crippen LogP contribution in [-0.2, 0) is 0 Å². The summed E-state index contributed by atoms with van der Waals surface area (Å²) in [5.41, 5.74) is 4.62. The molecule has 0 radical (unpaired) electrons. The molecule has 112 valence electrons. The molecule has 2 heteroatoms. The average Bonchev–Trinajstić information content (AvgIpc) is 2.71. The molecule has 0 aromatic rings. The van der Waals surface area contributed by atoms with E-state index in [9.17, 15) is 0 Å². The van der Waals surface area contributed by atoms with Gasteiger partial charge in [-0.05, 0) is 32.1 Å². The quantitative estimate of drug-likeness (QED) is 0.257. The molecule has 0 aliphatic heterocycles. The van der Waals surface area contributed by atoms with Gasteiger partial charge in [-0.2, -0.15) is 0 Å². The minimum Gasteiger partial charge on any atom is -0.271 e. The lowest BCUT2D eigenvalue weighted by Crippen LogP contribution is -2.36. The normalized spacial score (nSPS) is 17.9. The van der Waals surface area contributed by atoms with E-state index < -0.39 is 0 Å². The van der Waals surface area contributed by atoms with Gasteiger partial charge in [0, 0.05) is 6.04 Å². The molecule has 0 saturated carbocycles. The maximum atomic E-state index is 5.74. The largest absolute Gasteiger partial charge is 0.271 e. The summed E-state index contributed by atoms with van der Waals surface area (Å²) in [6.45, 7) is 2.28. The van der Waals surface area contributed by atoms with Crippen LogP contribution in [0, 0.1) is 0 Å². The van der Waals surface area contributed by atoms with E-state index in [1.54, 1.807) is 5.57 Å². The molecule has 1 aliphatic carbocycles. The van der Waals surface area contributed by atoms with Crippen LogP contribution in [0.5, 0.6) is 0 Å². The molecular formula is C17H34N2. The number of rotatable bonds is 10. The first-order valence-electron chi connectivity index (χ1n) is 8.53. The van der Waals surface area contributed by atoms with Crippen LogP contribution in [0.15, 0.2) is 11.6 Å². The summed E-state index contributed by atoms with van der Waals surface area (Å²) in [5, 5.41) is 0. The summed E-state index contributed by atoms with van der Waals surface area (Å²) in [6, 6.07) is 0.439. The molecule has 2 nitrogen and oxygen atoms in total. The molecule has 3 N–H and O–H groups in total. The van der Waals surface area contributed by atoms with Crippen LogP contribution in [0.25, 0.3) is 0 Å². The monoisotopic (exact) mass is 266 g/mol. The van der Waals surface area contributed by atoms with Crippen molar-refractivity contribution in [3.05, 3.63) is 11.6 Å². The second kappa shape index (κ2) is 11.5. The molecule has 0 aromatic carbocycles. The maximum Gasteiger partial charge on any atom is 0.0419 e. The fourth-order valence-electron chi connectivity index (χ4n) is 3.04. The second-order valence-electron chi connectivity index (χ2n) is 6.01. The molecule has 0 bridgehead atoms. The van der Waals surface area contributed by atoms with E-state index in [1.165, 1.54) is 83.5 Å². The first kappa shape index (κ1) is 16.7. The molecule has 0 saturated heterocycles. The van der Waals surface area contributed by atoms with E-state index in [0.29, 0.717) is 6.04 Å². The number of hydrogen-bond donors (Lipinski definition) is 2. The Balaban J connectivity index is 2.12. The highest BCUT2D eigenvalue weighted by atomic mass is 15.2. The SMILES string of the molecule is CCCCCCCCCC(NN)C1=CCCCCC1. The van der Waals surface area contributed by atoms with Gasteiger partial charge in [-0.25, -0.2) is 0 Å². The van der Waals surface area contributed by atoms with Crippen molar-refractivity contribution in [1.82, 2.24) is 5.43 Å². The molecule has 0 spiro atoms. The van der Waals surface area contributed by atoms with Crippen LogP contribution in [0.2, 0.25) is 0 Å². The summed E-state index contributed by atoms with van der Waals surface area (Å²) >= 11 is 0. The fourth-order valence-corrected chi connectivity index (χ4v) is 3.04. The van der Waals surface area contributed by atoms with Gasteiger partial charge in [0.25, 0.3) is 0 Å². The van der Waals surface area contributed by atoms with Gasteiger partial charge in [0.2, 0.25) is 0 Å². The first-order valence-corrected chi connectivity index (χ1v) is 8.53. The van der Waals surface area contributed by atoms with Gasteiger partial charge in [-0.1, -0.05) is 69.9 Å². The van der Waals surface area contributed by atoms with Crippen LogP contribution < -0.4 is 11.3 Å². The predicted octanol–water partition coefficient (Wildman–Crippen LogP) is 4.85. The number of hydrogen-bond acceptors (Lipinski definition) is 2. The molecule has 19 heavy (non-hydrogen) atoms. The Morgan fingerprint density at radius 3 is 2.53 bits per heavy atom. The van der Waals surface area contributed by atoms with Crippen molar-refractivity contribution in [3.8, 4) is 0 Å². The Morgan fingerprint density at radius 1 is 1.05 bits per heavy atom. The van der Waals surface area contributed by atoms with Crippen molar-refractivity contribution in [3.63, 3.8) is 0 Å². The van der Waals surface area contributed by atoms with Crippen LogP contribution >= 0.6 is 0 Å². The van der Waals surface area contributed by atoms with Crippen molar-refractivity contribution in [2.75, 3.05) is 0 Å². The third-order valence-corrected chi connectivity index (χ3v) is 4.32. The second-order valence-corrected chi connectivity index (χ2v) is 6.01. The standard InChI is InChI=1S/C17H34N2/c1-2-3-4-5-6-7-12-15-17(19-18)16-13-10-8-9-11-14-16/h13,17,19H,2-12,14-15,18H2,1H3. The van der Waals surface area contributed by atoms with E-state index in [4.69, 9.17) is 5.84 Å². The van der Waals surface area contributed by atoms with Crippen LogP contribution in [0.3, 0.4) is 0 Å². The van der Waals surface area contributed by atoms with E-state index in [2.05, 4.69) is 18.4 Å². The van der Waals surface area contributed by atoms with Gasteiger partial charge in [0.15, 0.2) is 0 Å². The Bertz CT molecular complexity index is 235. The lowest BCUT2D eigenvalue weighted by atomic mass is 9.96. The smallest absolute Gasteiger partial charge is 0.0419 e. The predicted molar refractivity (Wildman–Crippen MR) is 84.9 cm³/mol. The van der Waals surface area contributed by atoms with Crippen molar-refractivity contribution in [2.45, 2.75) is 96.4 Å². The van der Waals surface area contributed by atoms with Crippen molar-refractivity contribution < 1.29 is 0 Å². The Labute approximate surface area is 120 Å². The topological polar surface area (TPSA) is 38.0 Å². The summed E-state index contributed by atoms with van der Waals surface area (Å²) in [4.78, 5) is 0. The number of nitrogens with two attached hydrogens (primary N) is 1. The molecule has 0 amide bonds. The van der Waals surface area contributed by atoms with Crippen LogP contribution in [-0.4, -0.2) is 6.04 Å². The average molecular weight is 266 g/mol. The summed E-state index contributed by atoms with van der Waals surface area (Å²) < 4.78 is 0. The zero-order chi connectivity index (χ0) is 13.8. The molecule has 1 atom stereocenters. The van der Waals surface area contributed by atoms with Crippen molar-refractivity contribution in [1.29, 1.82) is 0 Å². The van der Waals surface area contributed by atoms with E-state index in [1.807, 2.05) is 0 Å². The highest BCUT2D eigenvalue weighted by Crippen LogP contribution is 2.22. The molecular weight excluding hydrogens is 232 g/mol. The molecule has 1 unspecified atom stereocenters. The van der Waals surface area contributed by atoms with E-state index >= 15 is 0 Å². The third kappa shape index (κ3) is 7.74. The minimum absolute atomic E-state index is 0.439. The van der Waals surface area contributed by atoms with Gasteiger partial charge in [0.1, 0.15) is 0 Å². The summed E-state index contributed by atoms with van der Waals surface area (Å²) in [6.07, 6.45) is 19.9. The van der Waals surface area contributed by atoms with Gasteiger partial charge in [-0.15, -0.1) is 0 Å². The first-order chi connectivity index (χ1) is 9.38. The number of unbranched alkanes of at least 4 members (excludes halogenated alkanes) is 6. The summed E-state index contributed by atoms with van der Waals surface area (Å²) in [5.74, 6) is 5.74. The molecule has 0 heterocycles. The minimum atomic E-state index is 0.439. The Morgan fingerprint density at radius 2 is 1.79 bits per heavy atom. The lowest BCUT2D eigenvalue weighted by Gasteiger charge is -2.19. The number of allylic oxidation sites excluding steroid dienone is 1. The van der Waals surface area contributed by atoms with Gasteiger partial charge in [-0.3, -0.25) is 11.3 Å². The summed E-state index contributed by atoms with van der Waals surface area (Å²) in [7, 11) is 0. The molecule has 1 aliphatic rings. The lowest BCUT2D eigenvalue weighted by molar-refractivity contribution is 0.491. The van der Waals surface area contributed by atoms with Crippen molar-refractivity contribution in [2.24, 2.45) is 5.84 Å². The van der Waals surface area contributed by atoms with E-state index in [-0.39, 0.29) is 0 Å². The zero-order valence-corrected chi connectivity index (χ0v) is 12.9. The maximum absolute atomic E-state index is 5.74.